The van der Waals surface area contributed by atoms with Gasteiger partial charge in [-0.15, -0.1) is 0 Å². The molecule has 2 amide bonds. The first-order valence-electron chi connectivity index (χ1n) is 10.3. The molecule has 7 nitrogen and oxygen atoms in total. The number of thiocarbonyl (C=S) groups is 1. The van der Waals surface area contributed by atoms with Gasteiger partial charge in [0.1, 0.15) is 10.9 Å². The predicted molar refractivity (Wildman–Crippen MR) is 134 cm³/mol. The Balaban J connectivity index is 1.77. The fourth-order valence-corrected chi connectivity index (χ4v) is 4.64. The molecule has 1 heterocycles. The first-order valence-corrected chi connectivity index (χ1v) is 11.5. The molecule has 0 spiro atoms. The molecule has 1 aliphatic heterocycles. The first kappa shape index (κ1) is 24.6. The monoisotopic (exact) mass is 486 g/mol. The molecule has 1 saturated heterocycles. The Kier molecular flexibility index (Phi) is 8.35. The minimum absolute atomic E-state index is 0.0993. The van der Waals surface area contributed by atoms with E-state index in [9.17, 15) is 9.59 Å². The average Bonchev–Trinajstić information content (AvgIpc) is 3.09. The van der Waals surface area contributed by atoms with Crippen LogP contribution in [0.1, 0.15) is 18.1 Å². The van der Waals surface area contributed by atoms with Gasteiger partial charge in [-0.05, 0) is 36.3 Å². The lowest BCUT2D eigenvalue weighted by atomic mass is 10.1. The van der Waals surface area contributed by atoms with Gasteiger partial charge in [0, 0.05) is 13.1 Å². The molecule has 1 aliphatic rings. The number of hydrogen-bond acceptors (Lipinski definition) is 7. The summed E-state index contributed by atoms with van der Waals surface area (Å²) in [4.78, 5) is 29.4. The Morgan fingerprint density at radius 2 is 1.73 bits per heavy atom. The smallest absolute Gasteiger partial charge is 0.266 e. The van der Waals surface area contributed by atoms with Crippen molar-refractivity contribution in [2.45, 2.75) is 13.5 Å². The number of likely N-dealkylation sites (N-methyl/N-ethyl adjacent to an activating group) is 1. The zero-order valence-corrected chi connectivity index (χ0v) is 20.6. The summed E-state index contributed by atoms with van der Waals surface area (Å²) in [7, 11) is 4.59. The van der Waals surface area contributed by atoms with Crippen LogP contribution < -0.4 is 14.2 Å². The van der Waals surface area contributed by atoms with Gasteiger partial charge in [-0.3, -0.25) is 14.5 Å². The molecule has 1 fully saturated rings. The second-order valence-corrected chi connectivity index (χ2v) is 8.80. The molecular formula is C24H26N2O5S2. The summed E-state index contributed by atoms with van der Waals surface area (Å²) in [6.45, 7) is 2.82. The van der Waals surface area contributed by atoms with Gasteiger partial charge in [-0.2, -0.15) is 0 Å². The quantitative estimate of drug-likeness (QED) is 0.393. The number of carbonyl (C=O) groups excluding carboxylic acids is 2. The largest absolute Gasteiger partial charge is 0.493 e. The van der Waals surface area contributed by atoms with E-state index in [1.54, 1.807) is 23.1 Å². The number of benzene rings is 2. The highest BCUT2D eigenvalue weighted by molar-refractivity contribution is 8.26. The maximum atomic E-state index is 13.0. The number of carbonyl (C=O) groups is 2. The van der Waals surface area contributed by atoms with Crippen LogP contribution in [0.3, 0.4) is 0 Å². The minimum atomic E-state index is -0.303. The zero-order valence-electron chi connectivity index (χ0n) is 19.0. The lowest BCUT2D eigenvalue weighted by Crippen LogP contribution is -2.41. The molecule has 3 rings (SSSR count). The van der Waals surface area contributed by atoms with Crippen LogP contribution in [0.15, 0.2) is 47.4 Å². The van der Waals surface area contributed by atoms with E-state index < -0.39 is 0 Å². The zero-order chi connectivity index (χ0) is 24.0. The maximum Gasteiger partial charge on any atom is 0.266 e. The van der Waals surface area contributed by atoms with Crippen LogP contribution in [-0.4, -0.2) is 60.4 Å². The van der Waals surface area contributed by atoms with E-state index in [0.717, 1.165) is 17.3 Å². The highest BCUT2D eigenvalue weighted by Crippen LogP contribution is 2.40. The van der Waals surface area contributed by atoms with Gasteiger partial charge < -0.3 is 19.1 Å². The van der Waals surface area contributed by atoms with E-state index in [2.05, 4.69) is 0 Å². The second kappa shape index (κ2) is 11.2. The summed E-state index contributed by atoms with van der Waals surface area (Å²) in [6.07, 6.45) is 1.70. The Labute approximate surface area is 203 Å². The Bertz CT molecular complexity index is 1050. The molecular weight excluding hydrogens is 460 g/mol. The van der Waals surface area contributed by atoms with Gasteiger partial charge in [0.15, 0.2) is 11.5 Å². The van der Waals surface area contributed by atoms with Crippen molar-refractivity contribution in [3.8, 4) is 17.2 Å². The molecule has 0 saturated carbocycles. The number of amides is 2. The molecule has 0 unspecified atom stereocenters. The van der Waals surface area contributed by atoms with Crippen LogP contribution in [0, 0.1) is 0 Å². The molecule has 0 radical (unpaired) electrons. The van der Waals surface area contributed by atoms with Crippen molar-refractivity contribution in [2.24, 2.45) is 0 Å². The van der Waals surface area contributed by atoms with Gasteiger partial charge in [-0.25, -0.2) is 0 Å². The second-order valence-electron chi connectivity index (χ2n) is 7.12. The fraction of sp³-hybridized carbons (Fsp3) is 0.292. The van der Waals surface area contributed by atoms with Crippen molar-refractivity contribution in [1.29, 1.82) is 0 Å². The van der Waals surface area contributed by atoms with Crippen LogP contribution in [0.5, 0.6) is 17.2 Å². The maximum absolute atomic E-state index is 13.0. The van der Waals surface area contributed by atoms with Crippen LogP contribution in [-0.2, 0) is 16.1 Å². The topological polar surface area (TPSA) is 68.3 Å². The molecule has 2 aromatic carbocycles. The lowest BCUT2D eigenvalue weighted by molar-refractivity contribution is -0.135. The third kappa shape index (κ3) is 5.66. The Morgan fingerprint density at radius 3 is 2.27 bits per heavy atom. The van der Waals surface area contributed by atoms with Crippen molar-refractivity contribution < 1.29 is 23.8 Å². The van der Waals surface area contributed by atoms with Gasteiger partial charge in [0.05, 0.1) is 26.2 Å². The summed E-state index contributed by atoms with van der Waals surface area (Å²) in [5.74, 6) is 0.962. The highest BCUT2D eigenvalue weighted by Gasteiger charge is 2.34. The van der Waals surface area contributed by atoms with Crippen LogP contribution in [0.4, 0.5) is 0 Å². The van der Waals surface area contributed by atoms with Crippen molar-refractivity contribution >= 4 is 46.2 Å². The van der Waals surface area contributed by atoms with E-state index in [4.69, 9.17) is 26.4 Å². The molecule has 174 valence electrons. The summed E-state index contributed by atoms with van der Waals surface area (Å²) in [5, 5.41) is 0. The molecule has 2 aromatic rings. The lowest BCUT2D eigenvalue weighted by Gasteiger charge is -2.23. The Hall–Kier alpha value is -3.04. The SMILES string of the molecule is CCN(Cc1ccccc1)C(=O)CN1C(=O)/C(=C\c2cc(OC)c(OC)c(OC)c2)SC1=S. The van der Waals surface area contributed by atoms with E-state index in [1.807, 2.05) is 37.3 Å². The fourth-order valence-electron chi connectivity index (χ4n) is 3.39. The normalized spacial score (nSPS) is 14.5. The predicted octanol–water partition coefficient (Wildman–Crippen LogP) is 3.96. The highest BCUT2D eigenvalue weighted by atomic mass is 32.2. The third-order valence-corrected chi connectivity index (χ3v) is 6.48. The van der Waals surface area contributed by atoms with Crippen LogP contribution >= 0.6 is 24.0 Å². The summed E-state index contributed by atoms with van der Waals surface area (Å²) >= 11 is 6.57. The Morgan fingerprint density at radius 1 is 1.09 bits per heavy atom. The molecule has 33 heavy (non-hydrogen) atoms. The number of methoxy groups -OCH3 is 3. The molecule has 0 atom stereocenters. The average molecular weight is 487 g/mol. The van der Waals surface area contributed by atoms with Gasteiger partial charge in [-0.1, -0.05) is 54.3 Å². The van der Waals surface area contributed by atoms with E-state index in [1.165, 1.54) is 26.2 Å². The van der Waals surface area contributed by atoms with Crippen molar-refractivity contribution in [1.82, 2.24) is 9.80 Å². The number of thioether (sulfide) groups is 1. The molecule has 0 aromatic heterocycles. The number of ether oxygens (including phenoxy) is 3. The number of rotatable bonds is 9. The molecule has 0 bridgehead atoms. The number of nitrogens with zero attached hydrogens (tertiary/aromatic N) is 2. The van der Waals surface area contributed by atoms with Gasteiger partial charge >= 0.3 is 0 Å². The summed E-state index contributed by atoms with van der Waals surface area (Å²) in [6, 6.07) is 13.2. The molecule has 0 aliphatic carbocycles. The third-order valence-electron chi connectivity index (χ3n) is 5.10. The van der Waals surface area contributed by atoms with Crippen LogP contribution in [0.2, 0.25) is 0 Å². The van der Waals surface area contributed by atoms with Crippen molar-refractivity contribution in [2.75, 3.05) is 34.4 Å². The van der Waals surface area contributed by atoms with Crippen LogP contribution in [0.25, 0.3) is 6.08 Å². The van der Waals surface area contributed by atoms with Gasteiger partial charge in [0.2, 0.25) is 11.7 Å². The summed E-state index contributed by atoms with van der Waals surface area (Å²) < 4.78 is 16.5. The van der Waals surface area contributed by atoms with E-state index in [-0.39, 0.29) is 18.4 Å². The standard InChI is InChI=1S/C24H26N2O5S2/c1-5-25(14-16-9-7-6-8-10-16)21(27)15-26-23(28)20(33-24(26)32)13-17-11-18(29-2)22(31-4)19(12-17)30-3/h6-13H,5,14-15H2,1-4H3/b20-13+. The number of hydrogen-bond donors (Lipinski definition) is 0. The van der Waals surface area contributed by atoms with E-state index in [0.29, 0.717) is 45.1 Å². The van der Waals surface area contributed by atoms with Gasteiger partial charge in [0.25, 0.3) is 5.91 Å². The minimum Gasteiger partial charge on any atom is -0.493 e. The van der Waals surface area contributed by atoms with Crippen molar-refractivity contribution in [3.63, 3.8) is 0 Å². The summed E-state index contributed by atoms with van der Waals surface area (Å²) in [5.41, 5.74) is 1.72. The van der Waals surface area contributed by atoms with E-state index >= 15 is 0 Å². The first-order chi connectivity index (χ1) is 15.9. The van der Waals surface area contributed by atoms with Crippen molar-refractivity contribution in [3.05, 3.63) is 58.5 Å². The molecule has 9 heteroatoms. The molecule has 0 N–H and O–H groups in total.